The fourth-order valence-corrected chi connectivity index (χ4v) is 1.97. The molecule has 0 radical (unpaired) electrons. The van der Waals surface area contributed by atoms with Gasteiger partial charge in [-0.05, 0) is 31.4 Å². The van der Waals surface area contributed by atoms with Gasteiger partial charge in [-0.25, -0.2) is 4.79 Å². The first kappa shape index (κ1) is 11.8. The average Bonchev–Trinajstić information content (AvgIpc) is 2.35. The van der Waals surface area contributed by atoms with Crippen LogP contribution in [-0.2, 0) is 11.2 Å². The van der Waals surface area contributed by atoms with Crippen LogP contribution in [0.2, 0.25) is 0 Å². The van der Waals surface area contributed by atoms with Crippen LogP contribution < -0.4 is 10.5 Å². The number of fused-ring (bicyclic) bond motifs is 1. The number of nitrogen functional groups attached to an aromatic ring is 1. The van der Waals surface area contributed by atoms with Gasteiger partial charge in [-0.15, -0.1) is 0 Å². The highest BCUT2D eigenvalue weighted by Crippen LogP contribution is 2.32. The van der Waals surface area contributed by atoms with Gasteiger partial charge in [0.05, 0.1) is 18.8 Å². The van der Waals surface area contributed by atoms with Crippen molar-refractivity contribution in [2.24, 2.45) is 0 Å². The number of nitrogens with two attached hydrogens (primary N) is 1. The summed E-state index contributed by atoms with van der Waals surface area (Å²) in [7, 11) is 0. The first-order valence-electron chi connectivity index (χ1n) is 5.95. The van der Waals surface area contributed by atoms with E-state index in [4.69, 9.17) is 15.2 Å². The first-order valence-corrected chi connectivity index (χ1v) is 5.95. The second-order valence-corrected chi connectivity index (χ2v) is 4.09. The van der Waals surface area contributed by atoms with E-state index in [1.54, 1.807) is 6.07 Å². The van der Waals surface area contributed by atoms with Crippen molar-refractivity contribution in [2.45, 2.75) is 26.2 Å². The Hall–Kier alpha value is -1.71. The third-order valence-electron chi connectivity index (χ3n) is 2.77. The second-order valence-electron chi connectivity index (χ2n) is 4.09. The van der Waals surface area contributed by atoms with Gasteiger partial charge < -0.3 is 15.2 Å². The van der Waals surface area contributed by atoms with Gasteiger partial charge in [0.2, 0.25) is 0 Å². The Morgan fingerprint density at radius 3 is 3.12 bits per heavy atom. The largest absolute Gasteiger partial charge is 0.493 e. The molecule has 0 aliphatic carbocycles. The number of hydrogen-bond acceptors (Lipinski definition) is 4. The molecule has 4 nitrogen and oxygen atoms in total. The van der Waals surface area contributed by atoms with Crippen LogP contribution in [0, 0.1) is 0 Å². The van der Waals surface area contributed by atoms with Gasteiger partial charge in [0.1, 0.15) is 5.75 Å². The molecule has 1 aliphatic heterocycles. The molecule has 17 heavy (non-hydrogen) atoms. The molecule has 2 rings (SSSR count). The number of hydrogen-bond donors (Lipinski definition) is 1. The molecule has 0 fully saturated rings. The van der Waals surface area contributed by atoms with E-state index in [1.165, 1.54) is 0 Å². The van der Waals surface area contributed by atoms with E-state index in [9.17, 15) is 4.79 Å². The summed E-state index contributed by atoms with van der Waals surface area (Å²) in [6, 6.07) is 3.52. The SMILES string of the molecule is CCCOC(=O)c1c(N)ccc2c1CCCO2. The number of anilines is 1. The third-order valence-corrected chi connectivity index (χ3v) is 2.77. The van der Waals surface area contributed by atoms with Crippen molar-refractivity contribution in [3.8, 4) is 5.75 Å². The van der Waals surface area contributed by atoms with Crippen molar-refractivity contribution < 1.29 is 14.3 Å². The molecule has 0 spiro atoms. The van der Waals surface area contributed by atoms with Crippen LogP contribution in [0.1, 0.15) is 35.7 Å². The van der Waals surface area contributed by atoms with Crippen molar-refractivity contribution in [2.75, 3.05) is 18.9 Å². The summed E-state index contributed by atoms with van der Waals surface area (Å²) < 4.78 is 10.7. The van der Waals surface area contributed by atoms with Gasteiger partial charge in [0.25, 0.3) is 0 Å². The van der Waals surface area contributed by atoms with Crippen molar-refractivity contribution in [3.63, 3.8) is 0 Å². The number of benzene rings is 1. The molecule has 1 aromatic carbocycles. The molecule has 92 valence electrons. The standard InChI is InChI=1S/C13H17NO3/c1-2-7-17-13(15)12-9-4-3-8-16-11(9)6-5-10(12)14/h5-6H,2-4,7-8,14H2,1H3. The van der Waals surface area contributed by atoms with Gasteiger partial charge in [-0.2, -0.15) is 0 Å². The van der Waals surface area contributed by atoms with Crippen molar-refractivity contribution in [3.05, 3.63) is 23.3 Å². The maximum absolute atomic E-state index is 11.9. The van der Waals surface area contributed by atoms with Crippen LogP contribution in [0.25, 0.3) is 0 Å². The van der Waals surface area contributed by atoms with Crippen LogP contribution in [0.15, 0.2) is 12.1 Å². The lowest BCUT2D eigenvalue weighted by Crippen LogP contribution is -2.17. The summed E-state index contributed by atoms with van der Waals surface area (Å²) in [6.07, 6.45) is 2.53. The highest BCUT2D eigenvalue weighted by atomic mass is 16.5. The molecule has 1 aliphatic rings. The lowest BCUT2D eigenvalue weighted by atomic mass is 9.98. The minimum absolute atomic E-state index is 0.341. The number of esters is 1. The Labute approximate surface area is 101 Å². The van der Waals surface area contributed by atoms with Crippen molar-refractivity contribution >= 4 is 11.7 Å². The van der Waals surface area contributed by atoms with E-state index in [-0.39, 0.29) is 5.97 Å². The topological polar surface area (TPSA) is 61.5 Å². The molecule has 0 amide bonds. The summed E-state index contributed by atoms with van der Waals surface area (Å²) in [5.74, 6) is 0.417. The Morgan fingerprint density at radius 1 is 1.53 bits per heavy atom. The molecule has 0 bridgehead atoms. The van der Waals surface area contributed by atoms with E-state index in [1.807, 2.05) is 13.0 Å². The monoisotopic (exact) mass is 235 g/mol. The van der Waals surface area contributed by atoms with Gasteiger partial charge in [-0.3, -0.25) is 0 Å². The van der Waals surface area contributed by atoms with Crippen LogP contribution >= 0.6 is 0 Å². The molecule has 0 saturated carbocycles. The highest BCUT2D eigenvalue weighted by Gasteiger charge is 2.22. The predicted molar refractivity (Wildman–Crippen MR) is 65.2 cm³/mol. The molecule has 0 saturated heterocycles. The zero-order chi connectivity index (χ0) is 12.3. The van der Waals surface area contributed by atoms with Crippen molar-refractivity contribution in [1.29, 1.82) is 0 Å². The Kier molecular flexibility index (Phi) is 3.52. The van der Waals surface area contributed by atoms with Crippen LogP contribution in [0.4, 0.5) is 5.69 Å². The summed E-state index contributed by atoms with van der Waals surface area (Å²) in [4.78, 5) is 11.9. The summed E-state index contributed by atoms with van der Waals surface area (Å²) in [5, 5.41) is 0. The smallest absolute Gasteiger partial charge is 0.340 e. The van der Waals surface area contributed by atoms with E-state index in [2.05, 4.69) is 0 Å². The Morgan fingerprint density at radius 2 is 2.35 bits per heavy atom. The van der Waals surface area contributed by atoms with Gasteiger partial charge in [0.15, 0.2) is 0 Å². The van der Waals surface area contributed by atoms with E-state index < -0.39 is 0 Å². The minimum Gasteiger partial charge on any atom is -0.493 e. The summed E-state index contributed by atoms with van der Waals surface area (Å²) >= 11 is 0. The highest BCUT2D eigenvalue weighted by molar-refractivity contribution is 5.97. The maximum atomic E-state index is 11.9. The van der Waals surface area contributed by atoms with E-state index in [0.717, 1.165) is 30.6 Å². The third kappa shape index (κ3) is 2.35. The van der Waals surface area contributed by atoms with Crippen LogP contribution in [0.3, 0.4) is 0 Å². The molecule has 4 heteroatoms. The van der Waals surface area contributed by atoms with Crippen LogP contribution in [-0.4, -0.2) is 19.2 Å². The number of ether oxygens (including phenoxy) is 2. The lowest BCUT2D eigenvalue weighted by Gasteiger charge is -2.20. The molecule has 0 aromatic heterocycles. The summed E-state index contributed by atoms with van der Waals surface area (Å²) in [5.41, 5.74) is 7.70. The van der Waals surface area contributed by atoms with Gasteiger partial charge in [-0.1, -0.05) is 6.92 Å². The Bertz CT molecular complexity index is 429. The molecular weight excluding hydrogens is 218 g/mol. The average molecular weight is 235 g/mol. The van der Waals surface area contributed by atoms with Crippen LogP contribution in [0.5, 0.6) is 5.75 Å². The van der Waals surface area contributed by atoms with Gasteiger partial charge >= 0.3 is 5.97 Å². The maximum Gasteiger partial charge on any atom is 0.340 e. The molecule has 0 unspecified atom stereocenters. The molecule has 2 N–H and O–H groups in total. The number of rotatable bonds is 3. The molecular formula is C13H17NO3. The quantitative estimate of drug-likeness (QED) is 0.644. The minimum atomic E-state index is -0.341. The van der Waals surface area contributed by atoms with E-state index >= 15 is 0 Å². The first-order chi connectivity index (χ1) is 8.24. The zero-order valence-electron chi connectivity index (χ0n) is 9.99. The fraction of sp³-hybridized carbons (Fsp3) is 0.462. The van der Waals surface area contributed by atoms with Crippen molar-refractivity contribution in [1.82, 2.24) is 0 Å². The fourth-order valence-electron chi connectivity index (χ4n) is 1.97. The molecule has 1 heterocycles. The number of carbonyl (C=O) groups excluding carboxylic acids is 1. The number of carbonyl (C=O) groups is 1. The second kappa shape index (κ2) is 5.08. The zero-order valence-corrected chi connectivity index (χ0v) is 9.99. The Balaban J connectivity index is 2.34. The van der Waals surface area contributed by atoms with E-state index in [0.29, 0.717) is 24.5 Å². The normalized spacial score (nSPS) is 13.7. The lowest BCUT2D eigenvalue weighted by molar-refractivity contribution is 0.0504. The van der Waals surface area contributed by atoms with Gasteiger partial charge in [0, 0.05) is 11.3 Å². The molecule has 0 atom stereocenters. The molecule has 1 aromatic rings. The predicted octanol–water partition coefficient (Wildman–Crippen LogP) is 2.16. The summed E-state index contributed by atoms with van der Waals surface area (Å²) in [6.45, 7) is 3.07.